The molecule has 33 nitrogen and oxygen atoms in total. The lowest BCUT2D eigenvalue weighted by atomic mass is 10.1. The molecule has 0 aromatic heterocycles. The number of carbonyl (C=O) groups is 9. The number of halogens is 2. The average Bonchev–Trinajstić information content (AvgIpc) is 0.790. The third kappa shape index (κ3) is 29.8. The summed E-state index contributed by atoms with van der Waals surface area (Å²) in [4.78, 5) is 113. The first-order valence-corrected chi connectivity index (χ1v) is 52.2. The Labute approximate surface area is 855 Å². The first-order valence-electron chi connectivity index (χ1n) is 46.0. The SMILES string of the molecule is CCC(C(=O)Nc1cc(O)c(NC(=O)c2ccc(F)cc2)cc1Oc1ccc(C)cc1)S(=O)(=O)c1ccc(C)cc1.CCC(C(=O)Nc1cc(O)c(NC(C)=O)cc1F)S(=O)(=O)c1ccc(C)cc1.CCCC(C(=O)Nc1cc(O)c(NC(=O)c2ccc(C)cc2)cc1Oc1ccc(OC)cc1)S(=O)(=O)c1ccc(C)cc1.Cc1cccc(S(=O)(=O)C(C(=O)Nc2ccc(NC(=O)c3ccc(C(N)=O)cc3)c(O)c2)C(C)C)c1. The molecule has 148 heavy (non-hydrogen) atoms. The van der Waals surface area contributed by atoms with Crippen LogP contribution in [0.15, 0.2) is 293 Å². The zero-order chi connectivity index (χ0) is 109. The molecule has 0 aliphatic carbocycles. The Morgan fingerprint density at radius 1 is 0.338 bits per heavy atom. The van der Waals surface area contributed by atoms with Gasteiger partial charge in [0.25, 0.3) is 17.7 Å². The van der Waals surface area contributed by atoms with Gasteiger partial charge in [-0.2, -0.15) is 0 Å². The van der Waals surface area contributed by atoms with Crippen LogP contribution < -0.4 is 62.5 Å². The van der Waals surface area contributed by atoms with Crippen LogP contribution in [0.25, 0.3) is 0 Å². The van der Waals surface area contributed by atoms with Crippen LogP contribution >= 0.6 is 0 Å². The van der Waals surface area contributed by atoms with E-state index in [1.807, 2.05) is 39.8 Å². The van der Waals surface area contributed by atoms with E-state index in [9.17, 15) is 106 Å². The molecule has 9 amide bonds. The minimum atomic E-state index is -4.03. The van der Waals surface area contributed by atoms with E-state index < -0.39 is 148 Å². The van der Waals surface area contributed by atoms with E-state index in [1.54, 1.807) is 151 Å². The predicted molar refractivity (Wildman–Crippen MR) is 561 cm³/mol. The molecule has 13 aromatic carbocycles. The zero-order valence-electron chi connectivity index (χ0n) is 82.6. The van der Waals surface area contributed by atoms with Gasteiger partial charge in [0.05, 0.1) is 66.5 Å². The Morgan fingerprint density at radius 3 is 1.08 bits per heavy atom. The van der Waals surface area contributed by atoms with Gasteiger partial charge in [-0.25, -0.2) is 42.5 Å². The first-order chi connectivity index (χ1) is 69.9. The molecule has 13 rings (SSSR count). The van der Waals surface area contributed by atoms with Gasteiger partial charge in [-0.1, -0.05) is 142 Å². The van der Waals surface area contributed by atoms with Crippen molar-refractivity contribution in [1.29, 1.82) is 0 Å². The fourth-order valence-corrected chi connectivity index (χ4v) is 21.5. The Morgan fingerprint density at radius 2 is 0.689 bits per heavy atom. The molecule has 0 fully saturated rings. The van der Waals surface area contributed by atoms with Crippen molar-refractivity contribution in [2.45, 2.75) is 149 Å². The number of benzene rings is 13. The Bertz CT molecular complexity index is 7570. The summed E-state index contributed by atoms with van der Waals surface area (Å²) >= 11 is 0. The lowest BCUT2D eigenvalue weighted by Gasteiger charge is -2.21. The molecule has 0 spiro atoms. The van der Waals surface area contributed by atoms with Gasteiger partial charge in [0.2, 0.25) is 35.4 Å². The number of rotatable bonds is 34. The Balaban J connectivity index is 0.000000204. The van der Waals surface area contributed by atoms with E-state index in [0.29, 0.717) is 29.2 Å². The normalized spacial score (nSPS) is 12.0. The van der Waals surface area contributed by atoms with Gasteiger partial charge in [0, 0.05) is 77.3 Å². The maximum Gasteiger partial charge on any atom is 0.255 e. The summed E-state index contributed by atoms with van der Waals surface area (Å²) in [6, 6.07) is 66.8. The standard InChI is InChI=1S/C33H34N2O7S.C31H29FN2O6S.C26H27N3O6S.C19H21FN2O5S/c1-5-6-31(43(39,40)26-17-9-22(3)10-18-26)33(38)35-28-19-29(36)27(34-32(37)23-11-7-21(2)8-12-23)20-30(28)42-25-15-13-24(41-4)14-16-25;1-4-29(41(38,39)24-15-7-20(3)8-16-24)31(37)34-26-17-27(35)25(33-30(36)21-9-11-22(32)12-10-21)18-28(26)40-23-13-5-19(2)6-14-23;1-15(2)23(36(34,35)20-6-4-5-16(3)13-20)26(33)28-19-11-12-21(22(30)14-19)29-25(32)18-9-7-17(8-10-18)24(27)31;1-4-18(28(26,27)13-7-5-11(2)6-8-13)19(25)22-15-10-17(24)16(9-14(15)20)21-12(3)23/h7-20,31,36H,5-6H2,1-4H3,(H,34,37)(H,35,38);5-18,29,35H,4H2,1-3H3,(H,33,36)(H,34,37);4-15,23,30H,1-3H3,(H2,27,31)(H,28,33)(H,29,32);5-10,18,24H,4H2,1-3H3,(H,21,23)(H,22,25). The van der Waals surface area contributed by atoms with Gasteiger partial charge in [-0.05, 0) is 230 Å². The second-order valence-corrected chi connectivity index (χ2v) is 43.0. The van der Waals surface area contributed by atoms with Crippen LogP contribution in [-0.4, -0.2) is 135 Å². The third-order valence-electron chi connectivity index (χ3n) is 22.6. The highest BCUT2D eigenvalue weighted by Crippen LogP contribution is 2.43. The molecule has 0 aliphatic rings. The quantitative estimate of drug-likeness (QED) is 0.0167. The molecule has 0 aliphatic heterocycles. The highest BCUT2D eigenvalue weighted by atomic mass is 32.2. The van der Waals surface area contributed by atoms with Crippen molar-refractivity contribution in [3.63, 3.8) is 0 Å². The van der Waals surface area contributed by atoms with Crippen LogP contribution in [0.3, 0.4) is 0 Å². The molecule has 39 heteroatoms. The van der Waals surface area contributed by atoms with E-state index in [4.69, 9.17) is 19.9 Å². The first kappa shape index (κ1) is 113. The molecule has 0 bridgehead atoms. The molecule has 4 unspecified atom stereocenters. The largest absolute Gasteiger partial charge is 0.506 e. The van der Waals surface area contributed by atoms with E-state index in [1.165, 1.54) is 142 Å². The van der Waals surface area contributed by atoms with E-state index >= 15 is 0 Å². The lowest BCUT2D eigenvalue weighted by molar-refractivity contribution is -0.117. The molecular weight excluding hydrogens is 1990 g/mol. The second kappa shape index (κ2) is 50.2. The molecule has 0 saturated carbocycles. The van der Waals surface area contributed by atoms with Crippen LogP contribution in [0.5, 0.6) is 51.7 Å². The Hall–Kier alpha value is -16.7. The number of amides is 9. The summed E-state index contributed by atoms with van der Waals surface area (Å²) in [5.41, 5.74) is 11.2. The number of sulfone groups is 4. The van der Waals surface area contributed by atoms with Gasteiger partial charge in [0.1, 0.15) is 72.9 Å². The van der Waals surface area contributed by atoms with Crippen molar-refractivity contribution in [1.82, 2.24) is 0 Å². The highest BCUT2D eigenvalue weighted by molar-refractivity contribution is 7.93. The molecule has 774 valence electrons. The number of nitrogens with two attached hydrogens (primary N) is 1. The number of methoxy groups -OCH3 is 1. The number of aryl methyl sites for hydroxylation is 6. The van der Waals surface area contributed by atoms with Crippen molar-refractivity contribution in [3.05, 3.63) is 340 Å². The highest BCUT2D eigenvalue weighted by Gasteiger charge is 2.40. The number of hydrogen-bond acceptors (Lipinski definition) is 24. The molecule has 0 heterocycles. The van der Waals surface area contributed by atoms with Crippen molar-refractivity contribution in [3.8, 4) is 51.7 Å². The van der Waals surface area contributed by atoms with Crippen LogP contribution in [0.1, 0.15) is 142 Å². The number of phenols is 4. The molecule has 0 saturated heterocycles. The third-order valence-corrected chi connectivity index (χ3v) is 31.5. The van der Waals surface area contributed by atoms with Crippen LogP contribution in [0.4, 0.5) is 54.3 Å². The number of ether oxygens (including phenoxy) is 3. The number of phenolic OH excluding ortho intramolecular Hbond substituents is 4. The summed E-state index contributed by atoms with van der Waals surface area (Å²) in [7, 11) is -14.5. The van der Waals surface area contributed by atoms with E-state index in [-0.39, 0.29) is 118 Å². The summed E-state index contributed by atoms with van der Waals surface area (Å²) in [5.74, 6) is -8.08. The predicted octanol–water partition coefficient (Wildman–Crippen LogP) is 19.5. The Kier molecular flexibility index (Phi) is 38.5. The maximum atomic E-state index is 14.2. The minimum absolute atomic E-state index is 0.00596. The minimum Gasteiger partial charge on any atom is -0.506 e. The number of primary amides is 1. The molecule has 13 aromatic rings. The van der Waals surface area contributed by atoms with Crippen molar-refractivity contribution >= 4 is 138 Å². The summed E-state index contributed by atoms with van der Waals surface area (Å²) in [6.45, 7) is 20.4. The zero-order valence-corrected chi connectivity index (χ0v) is 85.9. The van der Waals surface area contributed by atoms with Gasteiger partial charge in [-0.15, -0.1) is 0 Å². The fourth-order valence-electron chi connectivity index (χ4n) is 14.6. The monoisotopic (exact) mass is 2100 g/mol. The topological polar surface area (TPSA) is 521 Å². The number of nitrogens with one attached hydrogen (secondary N) is 8. The van der Waals surface area contributed by atoms with Crippen LogP contribution in [0, 0.1) is 59.1 Å². The lowest BCUT2D eigenvalue weighted by Crippen LogP contribution is -2.39. The molecule has 0 radical (unpaired) electrons. The van der Waals surface area contributed by atoms with Crippen molar-refractivity contribution in [2.24, 2.45) is 11.7 Å². The number of hydrogen-bond donors (Lipinski definition) is 13. The summed E-state index contributed by atoms with van der Waals surface area (Å²) in [6.07, 6.45) is 0.481. The van der Waals surface area contributed by atoms with Gasteiger partial charge in [-0.3, -0.25) is 43.2 Å². The maximum absolute atomic E-state index is 14.2. The summed E-state index contributed by atoms with van der Waals surface area (Å²) < 4.78 is 150. The molecular formula is C109H111F2N9O24S4. The van der Waals surface area contributed by atoms with Crippen LogP contribution in [-0.2, 0) is 63.3 Å². The average molecular weight is 2100 g/mol. The van der Waals surface area contributed by atoms with E-state index in [0.717, 1.165) is 63.7 Å². The van der Waals surface area contributed by atoms with Crippen molar-refractivity contribution in [2.75, 3.05) is 49.6 Å². The van der Waals surface area contributed by atoms with Gasteiger partial charge < -0.3 is 82.9 Å². The van der Waals surface area contributed by atoms with E-state index in [2.05, 4.69) is 42.5 Å². The summed E-state index contributed by atoms with van der Waals surface area (Å²) in [5, 5.41) is 56.2. The van der Waals surface area contributed by atoms with Crippen molar-refractivity contribution < 1.29 is 120 Å². The molecule has 14 N–H and O–H groups in total. The number of aromatic hydroxyl groups is 4. The molecule has 4 atom stereocenters. The van der Waals surface area contributed by atoms with Gasteiger partial charge >= 0.3 is 0 Å². The number of carbonyl (C=O) groups excluding carboxylic acids is 9. The second-order valence-electron chi connectivity index (χ2n) is 34.5. The van der Waals surface area contributed by atoms with Crippen LogP contribution in [0.2, 0.25) is 0 Å². The van der Waals surface area contributed by atoms with Gasteiger partial charge in [0.15, 0.2) is 50.8 Å². The smallest absolute Gasteiger partial charge is 0.255 e. The number of anilines is 8. The fraction of sp³-hybridized carbons (Fsp3) is 0.202.